The zero-order valence-electron chi connectivity index (χ0n) is 25.0. The van der Waals surface area contributed by atoms with Crippen LogP contribution in [0, 0.1) is 43.4 Å². The molecule has 2 aliphatic carbocycles. The van der Waals surface area contributed by atoms with E-state index >= 15 is 0 Å². The number of thiazole rings is 1. The van der Waals surface area contributed by atoms with E-state index in [4.69, 9.17) is 16.3 Å². The summed E-state index contributed by atoms with van der Waals surface area (Å²) < 4.78 is 6.19. The fourth-order valence-electron chi connectivity index (χ4n) is 8.25. The van der Waals surface area contributed by atoms with E-state index in [1.54, 1.807) is 23.9 Å². The van der Waals surface area contributed by atoms with Crippen LogP contribution in [0.5, 0.6) is 5.75 Å². The predicted octanol–water partition coefficient (Wildman–Crippen LogP) is 6.40. The third-order valence-corrected chi connectivity index (χ3v) is 12.9. The third kappa shape index (κ3) is 4.64. The third-order valence-electron chi connectivity index (χ3n) is 10.1. The summed E-state index contributed by atoms with van der Waals surface area (Å²) in [6.45, 7) is 3.68. The number of para-hydroxylation sites is 1. The molecule has 2 N–H and O–H groups in total. The van der Waals surface area contributed by atoms with Crippen molar-refractivity contribution in [2.24, 2.45) is 29.6 Å². The second kappa shape index (κ2) is 11.1. The van der Waals surface area contributed by atoms with E-state index in [-0.39, 0.29) is 64.0 Å². The van der Waals surface area contributed by atoms with Crippen molar-refractivity contribution < 1.29 is 19.1 Å². The number of aryl methyl sites for hydroxylation is 2. The molecular formula is C35H30ClN3O5S2. The number of nitrogens with one attached hydrogen (secondary N) is 2. The lowest BCUT2D eigenvalue weighted by Gasteiger charge is -2.43. The summed E-state index contributed by atoms with van der Waals surface area (Å²) in [6.07, 6.45) is 0.766. The van der Waals surface area contributed by atoms with Gasteiger partial charge in [0.15, 0.2) is 6.61 Å². The highest BCUT2D eigenvalue weighted by Gasteiger charge is 2.69. The topological polar surface area (TPSA) is 109 Å². The number of halogens is 1. The number of carbonyl (C=O) groups excluding carboxylic acids is 3. The molecule has 234 valence electrons. The molecule has 3 aromatic carbocycles. The Morgan fingerprint density at radius 2 is 1.74 bits per heavy atom. The first-order valence-corrected chi connectivity index (χ1v) is 17.4. The summed E-state index contributed by atoms with van der Waals surface area (Å²) in [4.78, 5) is 58.8. The molecule has 1 aromatic heterocycles. The Kier molecular flexibility index (Phi) is 7.15. The lowest BCUT2D eigenvalue weighted by Crippen LogP contribution is -2.42. The van der Waals surface area contributed by atoms with Gasteiger partial charge in [0, 0.05) is 32.3 Å². The number of benzene rings is 3. The minimum Gasteiger partial charge on any atom is -0.483 e. The van der Waals surface area contributed by atoms with Crippen molar-refractivity contribution in [1.29, 1.82) is 0 Å². The number of H-pyrrole nitrogens is 1. The highest BCUT2D eigenvalue weighted by Crippen LogP contribution is 2.69. The Bertz CT molecular complexity index is 1970. The SMILES string of the molecule is Cc1ccc(N2C(=O)C3C4CC(C3C2=O)C2C4Sc3[nH]c(=O)sc3[C@@H]2c2cc(Cl)ccc2OCC(=O)Nc2ccccc2C)cc1. The van der Waals surface area contributed by atoms with Crippen molar-refractivity contribution in [2.45, 2.75) is 36.5 Å². The monoisotopic (exact) mass is 671 g/mol. The van der Waals surface area contributed by atoms with E-state index in [0.717, 1.165) is 44.4 Å². The van der Waals surface area contributed by atoms with Gasteiger partial charge in [-0.1, -0.05) is 58.8 Å². The largest absolute Gasteiger partial charge is 0.483 e. The van der Waals surface area contributed by atoms with Crippen LogP contribution in [0.1, 0.15) is 33.9 Å². The fraction of sp³-hybridized carbons (Fsp3) is 0.314. The molecule has 8 nitrogen and oxygen atoms in total. The lowest BCUT2D eigenvalue weighted by atomic mass is 9.68. The maximum Gasteiger partial charge on any atom is 0.305 e. The Hall–Kier alpha value is -3.86. The minimum absolute atomic E-state index is 0.0138. The number of thioether (sulfide) groups is 1. The number of imide groups is 1. The summed E-state index contributed by atoms with van der Waals surface area (Å²) in [5.41, 5.74) is 4.10. The minimum atomic E-state index is -0.427. The summed E-state index contributed by atoms with van der Waals surface area (Å²) in [5, 5.41) is 4.22. The number of fused-ring (bicyclic) bond motifs is 9. The molecule has 11 heteroatoms. The van der Waals surface area contributed by atoms with Crippen LogP contribution in [0.25, 0.3) is 0 Å². The molecule has 3 fully saturated rings. The first kappa shape index (κ1) is 29.5. The number of aromatic amines is 1. The van der Waals surface area contributed by atoms with Gasteiger partial charge in [-0.15, -0.1) is 11.8 Å². The van der Waals surface area contributed by atoms with Crippen molar-refractivity contribution >= 4 is 63.8 Å². The Morgan fingerprint density at radius 1 is 1.00 bits per heavy atom. The maximum absolute atomic E-state index is 14.1. The molecule has 3 heterocycles. The van der Waals surface area contributed by atoms with Gasteiger partial charge in [-0.3, -0.25) is 24.1 Å². The van der Waals surface area contributed by atoms with Gasteiger partial charge >= 0.3 is 4.87 Å². The van der Waals surface area contributed by atoms with E-state index in [9.17, 15) is 19.2 Å². The van der Waals surface area contributed by atoms with Crippen LogP contribution >= 0.6 is 34.7 Å². The summed E-state index contributed by atoms with van der Waals surface area (Å²) >= 11 is 9.39. The van der Waals surface area contributed by atoms with Crippen molar-refractivity contribution in [3.63, 3.8) is 0 Å². The number of amides is 3. The average Bonchev–Trinajstić information content (AvgIpc) is 3.77. The van der Waals surface area contributed by atoms with Crippen LogP contribution in [-0.2, 0) is 14.4 Å². The molecule has 1 saturated heterocycles. The number of hydrogen-bond acceptors (Lipinski definition) is 7. The molecule has 2 saturated carbocycles. The number of carbonyl (C=O) groups is 3. The van der Waals surface area contributed by atoms with Crippen LogP contribution in [-0.4, -0.2) is 34.6 Å². The molecule has 7 atom stereocenters. The number of rotatable bonds is 6. The molecule has 8 rings (SSSR count). The van der Waals surface area contributed by atoms with Crippen LogP contribution in [0.3, 0.4) is 0 Å². The smallest absolute Gasteiger partial charge is 0.305 e. The Morgan fingerprint density at radius 3 is 2.50 bits per heavy atom. The number of ether oxygens (including phenoxy) is 1. The van der Waals surface area contributed by atoms with E-state index < -0.39 is 5.92 Å². The molecule has 4 aliphatic rings. The van der Waals surface area contributed by atoms with Crippen molar-refractivity contribution in [1.82, 2.24) is 4.98 Å². The highest BCUT2D eigenvalue weighted by molar-refractivity contribution is 8.00. The zero-order valence-corrected chi connectivity index (χ0v) is 27.4. The molecule has 0 spiro atoms. The van der Waals surface area contributed by atoms with Gasteiger partial charge in [0.25, 0.3) is 5.91 Å². The molecule has 46 heavy (non-hydrogen) atoms. The first-order valence-electron chi connectivity index (χ1n) is 15.3. The number of aromatic nitrogens is 1. The second-order valence-corrected chi connectivity index (χ2v) is 15.3. The summed E-state index contributed by atoms with van der Waals surface area (Å²) in [6, 6.07) is 20.4. The van der Waals surface area contributed by atoms with Gasteiger partial charge < -0.3 is 15.0 Å². The van der Waals surface area contributed by atoms with Crippen LogP contribution in [0.4, 0.5) is 11.4 Å². The first-order chi connectivity index (χ1) is 22.2. The van der Waals surface area contributed by atoms with Gasteiger partial charge in [0.1, 0.15) is 5.75 Å². The number of nitrogens with zero attached hydrogens (tertiary/aromatic N) is 1. The highest BCUT2D eigenvalue weighted by atomic mass is 35.5. The zero-order chi connectivity index (χ0) is 31.9. The average molecular weight is 672 g/mol. The maximum atomic E-state index is 14.1. The van der Waals surface area contributed by atoms with E-state index in [2.05, 4.69) is 10.3 Å². The molecule has 3 amide bonds. The molecule has 0 radical (unpaired) electrons. The fourth-order valence-corrected chi connectivity index (χ4v) is 11.3. The van der Waals surface area contributed by atoms with Crippen molar-refractivity contribution in [3.05, 3.63) is 103 Å². The molecule has 4 aromatic rings. The lowest BCUT2D eigenvalue weighted by molar-refractivity contribution is -0.123. The van der Waals surface area contributed by atoms with Crippen LogP contribution in [0.15, 0.2) is 76.6 Å². The summed E-state index contributed by atoms with van der Waals surface area (Å²) in [5.74, 6) is -1.30. The van der Waals surface area contributed by atoms with Crippen molar-refractivity contribution in [3.8, 4) is 5.75 Å². The second-order valence-electron chi connectivity index (χ2n) is 12.6. The van der Waals surface area contributed by atoms with Gasteiger partial charge in [-0.05, 0) is 80.0 Å². The molecule has 2 aliphatic heterocycles. The van der Waals surface area contributed by atoms with Gasteiger partial charge in [0.2, 0.25) is 11.8 Å². The Balaban J connectivity index is 1.15. The quantitative estimate of drug-likeness (QED) is 0.230. The molecule has 6 unspecified atom stereocenters. The predicted molar refractivity (Wildman–Crippen MR) is 179 cm³/mol. The molecule has 2 bridgehead atoms. The Labute approximate surface area is 278 Å². The summed E-state index contributed by atoms with van der Waals surface area (Å²) in [7, 11) is 0. The van der Waals surface area contributed by atoms with E-state index in [1.807, 2.05) is 68.4 Å². The van der Waals surface area contributed by atoms with Crippen LogP contribution in [0.2, 0.25) is 5.02 Å². The van der Waals surface area contributed by atoms with Gasteiger partial charge in [-0.25, -0.2) is 0 Å². The van der Waals surface area contributed by atoms with Gasteiger partial charge in [-0.2, -0.15) is 0 Å². The van der Waals surface area contributed by atoms with E-state index in [0.29, 0.717) is 22.1 Å². The van der Waals surface area contributed by atoms with E-state index in [1.165, 1.54) is 4.90 Å². The standard InChI is InChI=1S/C35H30ClN3O5S2/c1-16-7-10-19(11-8-16)39-33(41)28-21-14-22(29(28)34(39)42)30-27(21)26(31-32(45-30)38-35(43)46-31)20-13-18(36)9-12-24(20)44-15-25(40)37-23-6-4-3-5-17(23)2/h3-13,21-22,26-30H,14-15H2,1-2H3,(H,37,40)(H,38,43)/t21?,22?,26-,27?,28?,29?,30?/m1/s1. The molecular weight excluding hydrogens is 642 g/mol. The van der Waals surface area contributed by atoms with Crippen LogP contribution < -0.4 is 19.8 Å². The van der Waals surface area contributed by atoms with Crippen molar-refractivity contribution in [2.75, 3.05) is 16.8 Å². The normalized spacial score (nSPS) is 27.4. The van der Waals surface area contributed by atoms with Gasteiger partial charge in [0.05, 0.1) is 22.5 Å². The number of anilines is 2. The number of hydrogen-bond donors (Lipinski definition) is 2.